The minimum atomic E-state index is 0.570. The number of hydrogen-bond donors (Lipinski definition) is 2. The second-order valence-corrected chi connectivity index (χ2v) is 5.33. The van der Waals surface area contributed by atoms with Gasteiger partial charge < -0.3 is 11.5 Å². The second kappa shape index (κ2) is 8.28. The molecular formula is C16H25N7. The van der Waals surface area contributed by atoms with Gasteiger partial charge in [0.1, 0.15) is 5.82 Å². The normalized spacial score (nSPS) is 13.2. The molecule has 0 radical (unpaired) electrons. The Labute approximate surface area is 136 Å². The van der Waals surface area contributed by atoms with E-state index in [0.717, 1.165) is 16.8 Å². The first-order valence-electron chi connectivity index (χ1n) is 7.90. The molecule has 0 amide bonds. The number of nitrogens with two attached hydrogens (primary N) is 2. The molecule has 3 aromatic heterocycles. The molecule has 7 heteroatoms. The highest BCUT2D eigenvalue weighted by Crippen LogP contribution is 2.23. The van der Waals surface area contributed by atoms with Gasteiger partial charge >= 0.3 is 0 Å². The Morgan fingerprint density at radius 2 is 1.65 bits per heavy atom. The van der Waals surface area contributed by atoms with Crippen molar-refractivity contribution in [2.75, 3.05) is 12.8 Å². The van der Waals surface area contributed by atoms with Crippen LogP contribution in [0.25, 0.3) is 16.8 Å². The van der Waals surface area contributed by atoms with Gasteiger partial charge in [0.05, 0.1) is 12.4 Å². The van der Waals surface area contributed by atoms with Gasteiger partial charge in [-0.1, -0.05) is 32.1 Å². The highest BCUT2D eigenvalue weighted by atomic mass is 15.3. The zero-order valence-corrected chi connectivity index (χ0v) is 13.8. The lowest BCUT2D eigenvalue weighted by Crippen LogP contribution is -1.98. The molecule has 4 N–H and O–H groups in total. The predicted octanol–water partition coefficient (Wildman–Crippen LogP) is 2.24. The van der Waals surface area contributed by atoms with Gasteiger partial charge in [0.25, 0.3) is 0 Å². The lowest BCUT2D eigenvalue weighted by atomic mass is 10.2. The number of nitrogen functional groups attached to an aromatic ring is 1. The summed E-state index contributed by atoms with van der Waals surface area (Å²) in [7, 11) is 3.37. The van der Waals surface area contributed by atoms with Crippen molar-refractivity contribution in [3.8, 4) is 11.1 Å². The van der Waals surface area contributed by atoms with Gasteiger partial charge in [-0.3, -0.25) is 4.68 Å². The van der Waals surface area contributed by atoms with Crippen LogP contribution < -0.4 is 11.5 Å². The molecule has 0 spiro atoms. The highest BCUT2D eigenvalue weighted by molar-refractivity contribution is 5.76. The fraction of sp³-hybridized carbons (Fsp3) is 0.438. The van der Waals surface area contributed by atoms with Gasteiger partial charge in [0, 0.05) is 30.6 Å². The molecule has 124 valence electrons. The molecule has 0 aliphatic heterocycles. The first kappa shape index (κ1) is 17.0. The van der Waals surface area contributed by atoms with Crippen LogP contribution in [0.2, 0.25) is 0 Å². The fourth-order valence-corrected chi connectivity index (χ4v) is 2.56. The Morgan fingerprint density at radius 1 is 1.00 bits per heavy atom. The van der Waals surface area contributed by atoms with Crippen LogP contribution in [0.3, 0.4) is 0 Å². The Bertz CT molecular complexity index is 717. The summed E-state index contributed by atoms with van der Waals surface area (Å²) in [6.45, 7) is 0. The van der Waals surface area contributed by atoms with Crippen molar-refractivity contribution in [2.24, 2.45) is 12.8 Å². The van der Waals surface area contributed by atoms with Crippen LogP contribution in [-0.4, -0.2) is 31.4 Å². The molecule has 23 heavy (non-hydrogen) atoms. The van der Waals surface area contributed by atoms with Gasteiger partial charge in [-0.2, -0.15) is 14.7 Å². The van der Waals surface area contributed by atoms with Crippen LogP contribution in [0.4, 0.5) is 5.82 Å². The van der Waals surface area contributed by atoms with Crippen LogP contribution >= 0.6 is 0 Å². The Kier molecular flexibility index (Phi) is 6.10. The second-order valence-electron chi connectivity index (χ2n) is 5.33. The lowest BCUT2D eigenvalue weighted by Gasteiger charge is -1.97. The monoisotopic (exact) mass is 315 g/mol. The number of fused-ring (bicyclic) bond motifs is 1. The van der Waals surface area contributed by atoms with Gasteiger partial charge in [-0.05, 0) is 13.1 Å². The van der Waals surface area contributed by atoms with Crippen molar-refractivity contribution in [1.82, 2.24) is 24.4 Å². The van der Waals surface area contributed by atoms with E-state index in [0.29, 0.717) is 5.82 Å². The summed E-state index contributed by atoms with van der Waals surface area (Å²) in [5.74, 6) is 0.570. The van der Waals surface area contributed by atoms with E-state index in [1.165, 1.54) is 39.2 Å². The summed E-state index contributed by atoms with van der Waals surface area (Å²) in [6, 6.07) is 1.72. The fourth-order valence-electron chi connectivity index (χ4n) is 2.56. The summed E-state index contributed by atoms with van der Waals surface area (Å²) in [5.41, 5.74) is 12.9. The summed E-state index contributed by atoms with van der Waals surface area (Å²) >= 11 is 0. The molecule has 0 aromatic carbocycles. The standard InChI is InChI=1S/C10H10N6.C5H10.CH5N/c1-15-6-7(4-13-15)8-5-14-16-9(11)2-3-12-10(8)16;1-2-4-5-3-1;1-2/h2-6H,11H2,1H3;1-5H2;2H2,1H3. The minimum Gasteiger partial charge on any atom is -0.384 e. The summed E-state index contributed by atoms with van der Waals surface area (Å²) in [6.07, 6.45) is 14.6. The maximum atomic E-state index is 5.79. The molecule has 0 unspecified atom stereocenters. The highest BCUT2D eigenvalue weighted by Gasteiger charge is 2.10. The number of rotatable bonds is 1. The molecule has 0 atom stereocenters. The molecule has 1 saturated carbocycles. The molecule has 1 aliphatic carbocycles. The van der Waals surface area contributed by atoms with Crippen molar-refractivity contribution < 1.29 is 0 Å². The molecule has 0 saturated heterocycles. The topological polar surface area (TPSA) is 100 Å². The molecule has 3 heterocycles. The average Bonchev–Trinajstić information content (AvgIpc) is 3.32. The maximum absolute atomic E-state index is 5.79. The number of hydrogen-bond acceptors (Lipinski definition) is 5. The summed E-state index contributed by atoms with van der Waals surface area (Å²) < 4.78 is 3.35. The zero-order chi connectivity index (χ0) is 16.7. The van der Waals surface area contributed by atoms with E-state index in [4.69, 9.17) is 5.73 Å². The SMILES string of the molecule is C1CCCC1.CN.Cn1cc(-c2cnn3c(N)ccnc23)cn1. The van der Waals surface area contributed by atoms with Crippen molar-refractivity contribution in [3.05, 3.63) is 30.9 Å². The van der Waals surface area contributed by atoms with E-state index in [2.05, 4.69) is 20.9 Å². The Balaban J connectivity index is 0.000000232. The van der Waals surface area contributed by atoms with Crippen molar-refractivity contribution in [1.29, 1.82) is 0 Å². The smallest absolute Gasteiger partial charge is 0.165 e. The van der Waals surface area contributed by atoms with E-state index >= 15 is 0 Å². The Morgan fingerprint density at radius 3 is 2.22 bits per heavy atom. The predicted molar refractivity (Wildman–Crippen MR) is 92.8 cm³/mol. The molecule has 3 aromatic rings. The first-order valence-corrected chi connectivity index (χ1v) is 7.90. The third-order valence-corrected chi connectivity index (χ3v) is 3.70. The van der Waals surface area contributed by atoms with Crippen LogP contribution in [-0.2, 0) is 7.05 Å². The average molecular weight is 315 g/mol. The van der Waals surface area contributed by atoms with Crippen LogP contribution in [0.15, 0.2) is 30.9 Å². The number of aromatic nitrogens is 5. The van der Waals surface area contributed by atoms with Gasteiger partial charge in [-0.25, -0.2) is 4.98 Å². The third-order valence-electron chi connectivity index (χ3n) is 3.70. The Hall–Kier alpha value is -2.41. The van der Waals surface area contributed by atoms with Crippen molar-refractivity contribution >= 4 is 11.5 Å². The van der Waals surface area contributed by atoms with Gasteiger partial charge in [0.15, 0.2) is 5.65 Å². The van der Waals surface area contributed by atoms with Crippen LogP contribution in [0.1, 0.15) is 32.1 Å². The minimum absolute atomic E-state index is 0.570. The molecular weight excluding hydrogens is 290 g/mol. The lowest BCUT2D eigenvalue weighted by molar-refractivity contribution is 0.768. The van der Waals surface area contributed by atoms with Crippen molar-refractivity contribution in [2.45, 2.75) is 32.1 Å². The summed E-state index contributed by atoms with van der Waals surface area (Å²) in [5, 5.41) is 8.32. The van der Waals surface area contributed by atoms with E-state index in [-0.39, 0.29) is 0 Å². The summed E-state index contributed by atoms with van der Waals surface area (Å²) in [4.78, 5) is 4.27. The number of aryl methyl sites for hydroxylation is 1. The van der Waals surface area contributed by atoms with Crippen LogP contribution in [0.5, 0.6) is 0 Å². The van der Waals surface area contributed by atoms with E-state index in [9.17, 15) is 0 Å². The largest absolute Gasteiger partial charge is 0.384 e. The van der Waals surface area contributed by atoms with E-state index in [1.54, 1.807) is 33.9 Å². The van der Waals surface area contributed by atoms with E-state index < -0.39 is 0 Å². The quantitative estimate of drug-likeness (QED) is 0.717. The van der Waals surface area contributed by atoms with Gasteiger partial charge in [0.2, 0.25) is 0 Å². The third kappa shape index (κ3) is 4.07. The van der Waals surface area contributed by atoms with Crippen LogP contribution in [0, 0.1) is 0 Å². The van der Waals surface area contributed by atoms with E-state index in [1.807, 2.05) is 13.2 Å². The first-order chi connectivity index (χ1) is 11.3. The molecule has 4 rings (SSSR count). The number of nitrogens with zero attached hydrogens (tertiary/aromatic N) is 5. The molecule has 0 bridgehead atoms. The maximum Gasteiger partial charge on any atom is 0.165 e. The van der Waals surface area contributed by atoms with Crippen molar-refractivity contribution in [3.63, 3.8) is 0 Å². The molecule has 1 aliphatic rings. The number of anilines is 1. The molecule has 7 nitrogen and oxygen atoms in total. The zero-order valence-electron chi connectivity index (χ0n) is 13.8. The van der Waals surface area contributed by atoms with Gasteiger partial charge in [-0.15, -0.1) is 0 Å². The molecule has 1 fully saturated rings.